The van der Waals surface area contributed by atoms with Crippen molar-refractivity contribution in [1.82, 2.24) is 14.8 Å². The lowest BCUT2D eigenvalue weighted by atomic mass is 9.97. The molecular weight excluding hydrogens is 328 g/mol. The zero-order valence-electron chi connectivity index (χ0n) is 14.7. The number of ether oxygens (including phenoxy) is 1. The van der Waals surface area contributed by atoms with E-state index in [1.54, 1.807) is 24.1 Å². The molecule has 0 spiro atoms. The van der Waals surface area contributed by atoms with Gasteiger partial charge in [0, 0.05) is 11.6 Å². The van der Waals surface area contributed by atoms with Gasteiger partial charge in [0.05, 0.1) is 13.2 Å². The van der Waals surface area contributed by atoms with Crippen LogP contribution in [0.15, 0.2) is 60.9 Å². The van der Waals surface area contributed by atoms with Crippen LogP contribution in [-0.2, 0) is 0 Å². The van der Waals surface area contributed by atoms with Crippen LogP contribution in [0.2, 0.25) is 0 Å². The van der Waals surface area contributed by atoms with Crippen molar-refractivity contribution in [3.8, 4) is 5.75 Å². The number of benzene rings is 2. The van der Waals surface area contributed by atoms with Gasteiger partial charge in [-0.05, 0) is 37.1 Å². The van der Waals surface area contributed by atoms with E-state index in [1.807, 2.05) is 41.9 Å². The minimum absolute atomic E-state index is 0.00407. The van der Waals surface area contributed by atoms with Crippen molar-refractivity contribution in [2.45, 2.75) is 25.4 Å². The molecule has 6 heteroatoms. The standard InChI is InChI=1S/C20H20N4O2/c1-14-11-18(15-7-4-3-5-8-15)24-20(21-13-22-24)23(14)19(25)16-9-6-10-17(12-16)26-2/h3-10,12-14,18H,11H2,1-2H3/t14-,18+/m1/s1. The van der Waals surface area contributed by atoms with E-state index in [1.165, 1.54) is 11.9 Å². The molecule has 26 heavy (non-hydrogen) atoms. The van der Waals surface area contributed by atoms with Crippen LogP contribution in [0.5, 0.6) is 5.75 Å². The molecule has 0 saturated carbocycles. The van der Waals surface area contributed by atoms with Crippen molar-refractivity contribution < 1.29 is 9.53 Å². The Hall–Kier alpha value is -3.15. The Morgan fingerprint density at radius 1 is 1.15 bits per heavy atom. The van der Waals surface area contributed by atoms with Crippen molar-refractivity contribution in [3.05, 3.63) is 72.1 Å². The molecule has 132 valence electrons. The molecule has 3 aromatic rings. The Morgan fingerprint density at radius 3 is 2.73 bits per heavy atom. The number of methoxy groups -OCH3 is 1. The molecule has 0 bridgehead atoms. The second-order valence-electron chi connectivity index (χ2n) is 6.42. The number of fused-ring (bicyclic) bond motifs is 1. The number of carbonyl (C=O) groups excluding carboxylic acids is 1. The number of nitrogens with zero attached hydrogens (tertiary/aromatic N) is 4. The minimum Gasteiger partial charge on any atom is -0.497 e. The van der Waals surface area contributed by atoms with Gasteiger partial charge in [0.2, 0.25) is 5.95 Å². The largest absolute Gasteiger partial charge is 0.497 e. The lowest BCUT2D eigenvalue weighted by Crippen LogP contribution is -2.46. The number of carbonyl (C=O) groups is 1. The first kappa shape index (κ1) is 16.3. The fourth-order valence-corrected chi connectivity index (χ4v) is 3.50. The van der Waals surface area contributed by atoms with E-state index in [4.69, 9.17) is 4.74 Å². The number of hydrogen-bond donors (Lipinski definition) is 0. The zero-order valence-corrected chi connectivity index (χ0v) is 14.7. The highest BCUT2D eigenvalue weighted by molar-refractivity contribution is 6.06. The first-order valence-electron chi connectivity index (χ1n) is 8.61. The third-order valence-corrected chi connectivity index (χ3v) is 4.79. The highest BCUT2D eigenvalue weighted by Gasteiger charge is 2.36. The van der Waals surface area contributed by atoms with Crippen LogP contribution in [0, 0.1) is 0 Å². The van der Waals surface area contributed by atoms with Gasteiger partial charge in [0.25, 0.3) is 5.91 Å². The number of anilines is 1. The third-order valence-electron chi connectivity index (χ3n) is 4.79. The molecule has 0 unspecified atom stereocenters. The summed E-state index contributed by atoms with van der Waals surface area (Å²) in [6.07, 6.45) is 2.28. The summed E-state index contributed by atoms with van der Waals surface area (Å²) < 4.78 is 7.09. The highest BCUT2D eigenvalue weighted by atomic mass is 16.5. The monoisotopic (exact) mass is 348 g/mol. The molecule has 0 N–H and O–H groups in total. The number of rotatable bonds is 3. The molecule has 2 atom stereocenters. The van der Waals surface area contributed by atoms with E-state index in [2.05, 4.69) is 22.2 Å². The summed E-state index contributed by atoms with van der Waals surface area (Å²) >= 11 is 0. The Labute approximate surface area is 152 Å². The van der Waals surface area contributed by atoms with Crippen molar-refractivity contribution >= 4 is 11.9 Å². The Kier molecular flexibility index (Phi) is 4.16. The third kappa shape index (κ3) is 2.73. The fraction of sp³-hybridized carbons (Fsp3) is 0.250. The summed E-state index contributed by atoms with van der Waals surface area (Å²) in [6, 6.07) is 17.5. The molecular formula is C20H20N4O2. The van der Waals surface area contributed by atoms with Gasteiger partial charge in [-0.1, -0.05) is 36.4 Å². The van der Waals surface area contributed by atoms with Crippen LogP contribution in [0.25, 0.3) is 0 Å². The van der Waals surface area contributed by atoms with Crippen LogP contribution < -0.4 is 9.64 Å². The van der Waals surface area contributed by atoms with E-state index < -0.39 is 0 Å². The molecule has 0 fully saturated rings. The first-order chi connectivity index (χ1) is 12.7. The van der Waals surface area contributed by atoms with Gasteiger partial charge in [-0.25, -0.2) is 4.68 Å². The maximum absolute atomic E-state index is 13.2. The average molecular weight is 348 g/mol. The van der Waals surface area contributed by atoms with Gasteiger partial charge in [-0.15, -0.1) is 0 Å². The van der Waals surface area contributed by atoms with E-state index in [0.29, 0.717) is 17.3 Å². The molecule has 2 heterocycles. The molecule has 4 rings (SSSR count). The minimum atomic E-state index is -0.0999. The molecule has 0 saturated heterocycles. The maximum Gasteiger partial charge on any atom is 0.261 e. The highest BCUT2D eigenvalue weighted by Crippen LogP contribution is 2.35. The maximum atomic E-state index is 13.2. The number of aromatic nitrogens is 3. The summed E-state index contributed by atoms with van der Waals surface area (Å²) in [5.74, 6) is 1.13. The smallest absolute Gasteiger partial charge is 0.261 e. The zero-order chi connectivity index (χ0) is 18.1. The normalized spacial score (nSPS) is 19.1. The van der Waals surface area contributed by atoms with Crippen molar-refractivity contribution in [3.63, 3.8) is 0 Å². The molecule has 1 aromatic heterocycles. The van der Waals surface area contributed by atoms with Gasteiger partial charge in [0.1, 0.15) is 12.1 Å². The molecule has 1 aliphatic rings. The fourth-order valence-electron chi connectivity index (χ4n) is 3.50. The van der Waals surface area contributed by atoms with Crippen LogP contribution >= 0.6 is 0 Å². The summed E-state index contributed by atoms with van der Waals surface area (Å²) in [6.45, 7) is 2.05. The van der Waals surface area contributed by atoms with E-state index >= 15 is 0 Å². The van der Waals surface area contributed by atoms with Crippen LogP contribution in [0.1, 0.15) is 35.3 Å². The van der Waals surface area contributed by atoms with Crippen molar-refractivity contribution in [2.75, 3.05) is 12.0 Å². The summed E-state index contributed by atoms with van der Waals surface area (Å²) in [5, 5.41) is 4.40. The van der Waals surface area contributed by atoms with Gasteiger partial charge in [-0.2, -0.15) is 10.1 Å². The second-order valence-corrected chi connectivity index (χ2v) is 6.42. The van der Waals surface area contributed by atoms with Crippen molar-refractivity contribution in [1.29, 1.82) is 0 Å². The van der Waals surface area contributed by atoms with Crippen LogP contribution in [-0.4, -0.2) is 33.8 Å². The van der Waals surface area contributed by atoms with Crippen LogP contribution in [0.4, 0.5) is 5.95 Å². The van der Waals surface area contributed by atoms with Gasteiger partial charge < -0.3 is 4.74 Å². The summed E-state index contributed by atoms with van der Waals surface area (Å²) in [7, 11) is 1.59. The van der Waals surface area contributed by atoms with Gasteiger partial charge >= 0.3 is 0 Å². The van der Waals surface area contributed by atoms with E-state index in [0.717, 1.165) is 6.42 Å². The lowest BCUT2D eigenvalue weighted by molar-refractivity contribution is 0.0966. The predicted octanol–water partition coefficient (Wildman–Crippen LogP) is 3.32. The second kappa shape index (κ2) is 6.63. The van der Waals surface area contributed by atoms with Gasteiger partial charge in [0.15, 0.2) is 0 Å². The molecule has 1 aliphatic heterocycles. The average Bonchev–Trinajstić information content (AvgIpc) is 3.17. The van der Waals surface area contributed by atoms with Gasteiger partial charge in [-0.3, -0.25) is 9.69 Å². The lowest BCUT2D eigenvalue weighted by Gasteiger charge is -2.37. The first-order valence-corrected chi connectivity index (χ1v) is 8.61. The Balaban J connectivity index is 1.72. The topological polar surface area (TPSA) is 60.2 Å². The van der Waals surface area contributed by atoms with Crippen molar-refractivity contribution in [2.24, 2.45) is 0 Å². The number of amides is 1. The molecule has 2 aromatic carbocycles. The Morgan fingerprint density at radius 2 is 1.96 bits per heavy atom. The molecule has 0 radical (unpaired) electrons. The predicted molar refractivity (Wildman–Crippen MR) is 98.5 cm³/mol. The summed E-state index contributed by atoms with van der Waals surface area (Å²) in [4.78, 5) is 19.3. The van der Waals surface area contributed by atoms with E-state index in [-0.39, 0.29) is 18.0 Å². The van der Waals surface area contributed by atoms with E-state index in [9.17, 15) is 4.79 Å². The quantitative estimate of drug-likeness (QED) is 0.728. The van der Waals surface area contributed by atoms with Crippen LogP contribution in [0.3, 0.4) is 0 Å². The molecule has 1 amide bonds. The Bertz CT molecular complexity index is 922. The number of hydrogen-bond acceptors (Lipinski definition) is 4. The molecule has 6 nitrogen and oxygen atoms in total. The SMILES string of the molecule is COc1cccc(C(=O)N2c3ncnn3[C@H](c3ccccc3)C[C@H]2C)c1. The molecule has 0 aliphatic carbocycles. The summed E-state index contributed by atoms with van der Waals surface area (Å²) in [5.41, 5.74) is 1.74.